The van der Waals surface area contributed by atoms with E-state index in [-0.39, 0.29) is 0 Å². The van der Waals surface area contributed by atoms with Gasteiger partial charge in [-0.1, -0.05) is 17.7 Å². The Hall–Kier alpha value is -1.39. The lowest BCUT2D eigenvalue weighted by Crippen LogP contribution is -1.99. The van der Waals surface area contributed by atoms with Crippen LogP contribution in [0.25, 0.3) is 0 Å². The molecule has 0 fully saturated rings. The number of rotatable bonds is 4. The first kappa shape index (κ1) is 11.1. The Labute approximate surface area is 102 Å². The topological polar surface area (TPSA) is 39.2 Å². The predicted molar refractivity (Wildman–Crippen MR) is 63.3 cm³/mol. The van der Waals surface area contributed by atoms with E-state index < -0.39 is 0 Å². The molecule has 1 aromatic carbocycles. The first-order valence-corrected chi connectivity index (χ1v) is 5.87. The maximum Gasteiger partial charge on any atom is 0.153 e. The van der Waals surface area contributed by atoms with Crippen molar-refractivity contribution in [2.45, 2.75) is 6.61 Å². The van der Waals surface area contributed by atoms with Crippen molar-refractivity contribution in [3.8, 4) is 5.75 Å². The third-order valence-corrected chi connectivity index (χ3v) is 2.91. The first-order valence-electron chi connectivity index (χ1n) is 4.55. The van der Waals surface area contributed by atoms with Crippen LogP contribution in [0.3, 0.4) is 0 Å². The molecule has 0 atom stereocenters. The van der Waals surface area contributed by atoms with Crippen LogP contribution < -0.4 is 4.74 Å². The average Bonchev–Trinajstić information content (AvgIpc) is 2.80. The summed E-state index contributed by atoms with van der Waals surface area (Å²) in [5, 5.41) is 2.32. The highest BCUT2D eigenvalue weighted by molar-refractivity contribution is 7.07. The minimum absolute atomic E-state index is 0.314. The van der Waals surface area contributed by atoms with Gasteiger partial charge in [-0.05, 0) is 12.1 Å². The second-order valence-electron chi connectivity index (χ2n) is 3.04. The number of carbonyl (C=O) groups excluding carboxylic acids is 1. The molecule has 1 heterocycles. The highest BCUT2D eigenvalue weighted by atomic mass is 35.5. The molecule has 0 saturated heterocycles. The zero-order valence-corrected chi connectivity index (χ0v) is 9.79. The van der Waals surface area contributed by atoms with Crippen molar-refractivity contribution in [3.63, 3.8) is 0 Å². The molecule has 1 aromatic heterocycles. The fourth-order valence-electron chi connectivity index (χ4n) is 1.23. The van der Waals surface area contributed by atoms with Crippen molar-refractivity contribution in [1.29, 1.82) is 0 Å². The van der Waals surface area contributed by atoms with Crippen LogP contribution in [-0.2, 0) is 6.61 Å². The number of carbonyl (C=O) groups is 1. The quantitative estimate of drug-likeness (QED) is 0.786. The van der Waals surface area contributed by atoms with E-state index in [1.54, 1.807) is 23.7 Å². The smallest absolute Gasteiger partial charge is 0.153 e. The second-order valence-corrected chi connectivity index (χ2v) is 4.17. The molecule has 0 N–H and O–H groups in total. The zero-order chi connectivity index (χ0) is 11.4. The molecule has 0 radical (unpaired) electrons. The Morgan fingerprint density at radius 2 is 2.38 bits per heavy atom. The van der Waals surface area contributed by atoms with Crippen molar-refractivity contribution in [1.82, 2.24) is 4.98 Å². The summed E-state index contributed by atoms with van der Waals surface area (Å²) >= 11 is 7.44. The van der Waals surface area contributed by atoms with Crippen LogP contribution in [0, 0.1) is 0 Å². The molecule has 16 heavy (non-hydrogen) atoms. The van der Waals surface area contributed by atoms with Crippen LogP contribution in [0.5, 0.6) is 5.75 Å². The molecule has 2 rings (SSSR count). The maximum absolute atomic E-state index is 10.8. The van der Waals surface area contributed by atoms with Gasteiger partial charge < -0.3 is 4.74 Å². The molecule has 3 nitrogen and oxygen atoms in total. The minimum atomic E-state index is 0.314. The molecule has 0 aliphatic rings. The van der Waals surface area contributed by atoms with Gasteiger partial charge in [0.15, 0.2) is 6.29 Å². The number of aromatic nitrogens is 1. The molecule has 0 unspecified atom stereocenters. The molecule has 0 bridgehead atoms. The van der Waals surface area contributed by atoms with Crippen molar-refractivity contribution in [2.75, 3.05) is 0 Å². The highest BCUT2D eigenvalue weighted by Crippen LogP contribution is 2.28. The number of para-hydroxylation sites is 1. The minimum Gasteiger partial charge on any atom is -0.485 e. The van der Waals surface area contributed by atoms with Gasteiger partial charge in [0.25, 0.3) is 0 Å². The van der Waals surface area contributed by atoms with Crippen LogP contribution in [0.15, 0.2) is 29.1 Å². The largest absolute Gasteiger partial charge is 0.485 e. The van der Waals surface area contributed by atoms with E-state index in [1.165, 1.54) is 11.3 Å². The van der Waals surface area contributed by atoms with Crippen LogP contribution in [0.1, 0.15) is 16.1 Å². The summed E-state index contributed by atoms with van der Waals surface area (Å²) in [6, 6.07) is 5.06. The van der Waals surface area contributed by atoms with Crippen LogP contribution in [0.2, 0.25) is 5.02 Å². The zero-order valence-electron chi connectivity index (χ0n) is 8.22. The number of benzene rings is 1. The number of ether oxygens (including phenoxy) is 1. The third kappa shape index (κ3) is 2.40. The van der Waals surface area contributed by atoms with Gasteiger partial charge in [-0.25, -0.2) is 4.98 Å². The Kier molecular flexibility index (Phi) is 3.54. The third-order valence-electron chi connectivity index (χ3n) is 1.97. The summed E-state index contributed by atoms with van der Waals surface area (Å²) in [6.07, 6.45) is 0.724. The lowest BCUT2D eigenvalue weighted by atomic mass is 10.2. The summed E-state index contributed by atoms with van der Waals surface area (Å²) in [6.45, 7) is 0.314. The molecule has 5 heteroatoms. The van der Waals surface area contributed by atoms with E-state index >= 15 is 0 Å². The highest BCUT2D eigenvalue weighted by Gasteiger charge is 2.08. The van der Waals surface area contributed by atoms with E-state index in [0.717, 1.165) is 12.0 Å². The normalized spacial score (nSPS) is 10.1. The van der Waals surface area contributed by atoms with E-state index in [2.05, 4.69) is 4.98 Å². The first-order chi connectivity index (χ1) is 7.81. The van der Waals surface area contributed by atoms with Gasteiger partial charge in [0.2, 0.25) is 0 Å². The van der Waals surface area contributed by atoms with Gasteiger partial charge in [0, 0.05) is 5.38 Å². The molecule has 0 aliphatic heterocycles. The van der Waals surface area contributed by atoms with E-state index in [9.17, 15) is 4.79 Å². The number of hydrogen-bond acceptors (Lipinski definition) is 4. The molecule has 0 aliphatic carbocycles. The molecular formula is C11H8ClNO2S. The van der Waals surface area contributed by atoms with E-state index in [4.69, 9.17) is 16.3 Å². The van der Waals surface area contributed by atoms with Gasteiger partial charge in [-0.3, -0.25) is 4.79 Å². The molecule has 2 aromatic rings. The number of thiazole rings is 1. The molecule has 0 saturated carbocycles. The maximum atomic E-state index is 10.8. The van der Waals surface area contributed by atoms with Crippen LogP contribution >= 0.6 is 22.9 Å². The van der Waals surface area contributed by atoms with Crippen molar-refractivity contribution >= 4 is 29.2 Å². The van der Waals surface area contributed by atoms with Gasteiger partial charge in [0.05, 0.1) is 21.8 Å². The van der Waals surface area contributed by atoms with E-state index in [1.807, 2.05) is 5.38 Å². The Bertz CT molecular complexity index is 485. The predicted octanol–water partition coefficient (Wildman–Crippen LogP) is 3.19. The number of hydrogen-bond donors (Lipinski definition) is 0. The molecule has 0 amide bonds. The van der Waals surface area contributed by atoms with Gasteiger partial charge >= 0.3 is 0 Å². The molecule has 82 valence electrons. The van der Waals surface area contributed by atoms with Crippen molar-refractivity contribution in [3.05, 3.63) is 45.4 Å². The number of nitrogens with zero attached hydrogens (tertiary/aromatic N) is 1. The van der Waals surface area contributed by atoms with Crippen molar-refractivity contribution < 1.29 is 9.53 Å². The van der Waals surface area contributed by atoms with Gasteiger partial charge in [-0.2, -0.15) is 0 Å². The average molecular weight is 254 g/mol. The SMILES string of the molecule is O=Cc1cccc(Cl)c1OCc1cscn1. The molecular weight excluding hydrogens is 246 g/mol. The summed E-state index contributed by atoms with van der Waals surface area (Å²) < 4.78 is 5.48. The summed E-state index contributed by atoms with van der Waals surface area (Å²) in [7, 11) is 0. The Morgan fingerprint density at radius 3 is 3.06 bits per heavy atom. The fourth-order valence-corrected chi connectivity index (χ4v) is 2.01. The summed E-state index contributed by atoms with van der Waals surface area (Å²) in [5.41, 5.74) is 3.00. The fraction of sp³-hybridized carbons (Fsp3) is 0.0909. The summed E-state index contributed by atoms with van der Waals surface area (Å²) in [5.74, 6) is 0.409. The van der Waals surface area contributed by atoms with E-state index in [0.29, 0.717) is 22.9 Å². The van der Waals surface area contributed by atoms with Crippen LogP contribution in [-0.4, -0.2) is 11.3 Å². The standard InChI is InChI=1S/C11H8ClNO2S/c12-10-3-1-2-8(4-14)11(10)15-5-9-6-16-7-13-9/h1-4,6-7H,5H2. The molecule has 0 spiro atoms. The lowest BCUT2D eigenvalue weighted by molar-refractivity contribution is 0.111. The monoisotopic (exact) mass is 253 g/mol. The number of halogens is 1. The Balaban J connectivity index is 2.17. The Morgan fingerprint density at radius 1 is 1.50 bits per heavy atom. The van der Waals surface area contributed by atoms with Crippen molar-refractivity contribution in [2.24, 2.45) is 0 Å². The summed E-state index contributed by atoms with van der Waals surface area (Å²) in [4.78, 5) is 14.9. The number of aldehydes is 1. The second kappa shape index (κ2) is 5.09. The lowest BCUT2D eigenvalue weighted by Gasteiger charge is -2.08. The van der Waals surface area contributed by atoms with Crippen LogP contribution in [0.4, 0.5) is 0 Å². The van der Waals surface area contributed by atoms with Gasteiger partial charge in [-0.15, -0.1) is 11.3 Å². The van der Waals surface area contributed by atoms with Gasteiger partial charge in [0.1, 0.15) is 12.4 Å².